The van der Waals surface area contributed by atoms with E-state index in [1.807, 2.05) is 32.9 Å². The second kappa shape index (κ2) is 13.3. The van der Waals surface area contributed by atoms with Crippen molar-refractivity contribution in [2.45, 2.75) is 59.5 Å². The number of benzene rings is 2. The molecule has 7 nitrogen and oxygen atoms in total. The molecule has 36 heavy (non-hydrogen) atoms. The van der Waals surface area contributed by atoms with Crippen LogP contribution in [0.4, 0.5) is 5.69 Å². The molecule has 0 saturated heterocycles. The number of sulfonamides is 1. The highest BCUT2D eigenvalue weighted by atomic mass is 35.5. The maximum absolute atomic E-state index is 13.3. The molecule has 1 atom stereocenters. The summed E-state index contributed by atoms with van der Waals surface area (Å²) in [6.45, 7) is 8.34. The smallest absolute Gasteiger partial charge is 0.242 e. The predicted molar refractivity (Wildman–Crippen MR) is 147 cm³/mol. The lowest BCUT2D eigenvalue weighted by Crippen LogP contribution is -2.47. The van der Waals surface area contributed by atoms with Crippen LogP contribution in [0.25, 0.3) is 0 Å². The van der Waals surface area contributed by atoms with Crippen molar-refractivity contribution in [3.05, 3.63) is 63.1 Å². The van der Waals surface area contributed by atoms with Crippen molar-refractivity contribution in [1.29, 1.82) is 0 Å². The Morgan fingerprint density at radius 3 is 2.31 bits per heavy atom. The highest BCUT2D eigenvalue weighted by Crippen LogP contribution is 2.25. The molecule has 0 spiro atoms. The number of amides is 2. The molecule has 0 aromatic heterocycles. The summed E-state index contributed by atoms with van der Waals surface area (Å²) in [7, 11) is -3.55. The van der Waals surface area contributed by atoms with Crippen LogP contribution in [0.5, 0.6) is 0 Å². The van der Waals surface area contributed by atoms with E-state index in [1.54, 1.807) is 31.2 Å². The predicted octanol–water partition coefficient (Wildman–Crippen LogP) is 5.10. The second-order valence-electron chi connectivity index (χ2n) is 8.94. The molecule has 2 amide bonds. The molecule has 0 aliphatic carbocycles. The summed E-state index contributed by atoms with van der Waals surface area (Å²) in [5, 5.41) is 3.60. The molecule has 0 radical (unpaired) electrons. The zero-order valence-corrected chi connectivity index (χ0v) is 23.8. The van der Waals surface area contributed by atoms with Crippen molar-refractivity contribution in [1.82, 2.24) is 10.2 Å². The van der Waals surface area contributed by atoms with Crippen LogP contribution in [0.15, 0.2) is 36.4 Å². The quantitative estimate of drug-likeness (QED) is 0.394. The third kappa shape index (κ3) is 8.39. The lowest BCUT2D eigenvalue weighted by atomic mass is 10.1. The first-order valence-corrected chi connectivity index (χ1v) is 14.5. The molecule has 0 aliphatic rings. The molecule has 2 aromatic rings. The summed E-state index contributed by atoms with van der Waals surface area (Å²) in [6, 6.07) is 9.84. The van der Waals surface area contributed by atoms with Crippen LogP contribution in [0.3, 0.4) is 0 Å². The highest BCUT2D eigenvalue weighted by molar-refractivity contribution is 7.92. The molecule has 198 valence electrons. The molecule has 10 heteroatoms. The Labute approximate surface area is 224 Å². The van der Waals surface area contributed by atoms with E-state index in [2.05, 4.69) is 5.32 Å². The van der Waals surface area contributed by atoms with Gasteiger partial charge in [-0.15, -0.1) is 0 Å². The van der Waals surface area contributed by atoms with Gasteiger partial charge in [-0.1, -0.05) is 42.3 Å². The number of hydrogen-bond donors (Lipinski definition) is 1. The fourth-order valence-corrected chi connectivity index (χ4v) is 4.98. The fourth-order valence-electron chi connectivity index (χ4n) is 3.70. The zero-order chi connectivity index (χ0) is 27.0. The summed E-state index contributed by atoms with van der Waals surface area (Å²) < 4.78 is 26.3. The van der Waals surface area contributed by atoms with Crippen LogP contribution >= 0.6 is 23.2 Å². The van der Waals surface area contributed by atoms with E-state index in [1.165, 1.54) is 9.21 Å². The molecule has 0 unspecified atom stereocenters. The van der Waals surface area contributed by atoms with Gasteiger partial charge < -0.3 is 10.2 Å². The normalized spacial score (nSPS) is 12.2. The molecule has 0 bridgehead atoms. The number of anilines is 1. The third-order valence-electron chi connectivity index (χ3n) is 5.98. The Hall–Kier alpha value is -2.29. The van der Waals surface area contributed by atoms with Gasteiger partial charge in [0.2, 0.25) is 21.8 Å². The van der Waals surface area contributed by atoms with Gasteiger partial charge in [-0.25, -0.2) is 8.42 Å². The Kier molecular flexibility index (Phi) is 11.1. The molecular weight excluding hydrogens is 521 g/mol. The first-order chi connectivity index (χ1) is 16.8. The topological polar surface area (TPSA) is 86.8 Å². The van der Waals surface area contributed by atoms with Crippen LogP contribution in [0.1, 0.15) is 49.8 Å². The fraction of sp³-hybridized carbons (Fsp3) is 0.462. The largest absolute Gasteiger partial charge is 0.354 e. The number of hydrogen-bond acceptors (Lipinski definition) is 4. The first-order valence-electron chi connectivity index (χ1n) is 11.9. The number of aryl methyl sites for hydroxylation is 2. The monoisotopic (exact) mass is 555 g/mol. The van der Waals surface area contributed by atoms with Gasteiger partial charge in [0.05, 0.1) is 22.0 Å². The maximum atomic E-state index is 13.3. The van der Waals surface area contributed by atoms with E-state index < -0.39 is 16.1 Å². The van der Waals surface area contributed by atoms with E-state index in [-0.39, 0.29) is 31.3 Å². The van der Waals surface area contributed by atoms with E-state index >= 15 is 0 Å². The first kappa shape index (κ1) is 29.9. The van der Waals surface area contributed by atoms with Crippen molar-refractivity contribution in [2.75, 3.05) is 23.7 Å². The molecule has 0 saturated carbocycles. The number of rotatable bonds is 12. The van der Waals surface area contributed by atoms with Crippen molar-refractivity contribution >= 4 is 50.7 Å². The van der Waals surface area contributed by atoms with Crippen molar-refractivity contribution in [2.24, 2.45) is 0 Å². The number of carbonyl (C=O) groups excluding carboxylic acids is 2. The van der Waals surface area contributed by atoms with Crippen LogP contribution in [-0.2, 0) is 26.2 Å². The van der Waals surface area contributed by atoms with Crippen molar-refractivity contribution in [3.63, 3.8) is 0 Å². The lowest BCUT2D eigenvalue weighted by Gasteiger charge is -2.29. The molecule has 0 aliphatic heterocycles. The molecule has 1 N–H and O–H groups in total. The van der Waals surface area contributed by atoms with Gasteiger partial charge >= 0.3 is 0 Å². The van der Waals surface area contributed by atoms with Crippen LogP contribution in [-0.4, -0.2) is 50.5 Å². The Morgan fingerprint density at radius 1 is 1.03 bits per heavy atom. The zero-order valence-electron chi connectivity index (χ0n) is 21.5. The number of nitrogens with one attached hydrogen (secondary N) is 1. The summed E-state index contributed by atoms with van der Waals surface area (Å²) in [5.41, 5.74) is 3.35. The van der Waals surface area contributed by atoms with Gasteiger partial charge in [0.1, 0.15) is 6.04 Å². The molecule has 2 rings (SSSR count). The second-order valence-corrected chi connectivity index (χ2v) is 11.7. The molecule has 2 aromatic carbocycles. The minimum Gasteiger partial charge on any atom is -0.354 e. The number of nitrogens with zero attached hydrogens (tertiary/aromatic N) is 2. The van der Waals surface area contributed by atoms with Gasteiger partial charge in [0.15, 0.2) is 0 Å². The average Bonchev–Trinajstić information content (AvgIpc) is 2.81. The summed E-state index contributed by atoms with van der Waals surface area (Å²) >= 11 is 12.2. The Bertz CT molecular complexity index is 1190. The summed E-state index contributed by atoms with van der Waals surface area (Å²) in [6.07, 6.45) is 2.29. The van der Waals surface area contributed by atoms with Gasteiger partial charge in [0, 0.05) is 26.1 Å². The summed E-state index contributed by atoms with van der Waals surface area (Å²) in [4.78, 5) is 27.5. The van der Waals surface area contributed by atoms with Crippen LogP contribution in [0, 0.1) is 13.8 Å². The number of carbonyl (C=O) groups is 2. The van der Waals surface area contributed by atoms with E-state index in [0.29, 0.717) is 28.7 Å². The van der Waals surface area contributed by atoms with E-state index in [4.69, 9.17) is 23.2 Å². The minimum atomic E-state index is -3.55. The standard InChI is InChI=1S/C26H35Cl2N3O4S/c1-6-13-29-26(33)20(4)30(17-21-10-12-23(27)24(28)16-21)25(32)8-7-14-31(36(5,34)35)22-11-9-18(2)19(3)15-22/h9-12,15-16,20H,6-8,13-14,17H2,1-5H3,(H,29,33)/t20-/m0/s1. The van der Waals surface area contributed by atoms with Gasteiger partial charge in [-0.3, -0.25) is 13.9 Å². The molecular formula is C26H35Cl2N3O4S. The maximum Gasteiger partial charge on any atom is 0.242 e. The average molecular weight is 557 g/mol. The van der Waals surface area contributed by atoms with E-state index in [9.17, 15) is 18.0 Å². The van der Waals surface area contributed by atoms with Gasteiger partial charge in [-0.2, -0.15) is 0 Å². The SMILES string of the molecule is CCCNC(=O)[C@H](C)N(Cc1ccc(Cl)c(Cl)c1)C(=O)CCCN(c1ccc(C)c(C)c1)S(C)(=O)=O. The lowest BCUT2D eigenvalue weighted by molar-refractivity contribution is -0.140. The molecule has 0 fully saturated rings. The van der Waals surface area contributed by atoms with Crippen molar-refractivity contribution in [3.8, 4) is 0 Å². The Morgan fingerprint density at radius 2 is 1.72 bits per heavy atom. The summed E-state index contributed by atoms with van der Waals surface area (Å²) in [5.74, 6) is -0.507. The highest BCUT2D eigenvalue weighted by Gasteiger charge is 2.26. The van der Waals surface area contributed by atoms with E-state index in [0.717, 1.165) is 29.4 Å². The van der Waals surface area contributed by atoms with Gasteiger partial charge in [-0.05, 0) is 74.6 Å². The molecule has 0 heterocycles. The third-order valence-corrected chi connectivity index (χ3v) is 7.92. The number of halogens is 2. The van der Waals surface area contributed by atoms with Gasteiger partial charge in [0.25, 0.3) is 0 Å². The van der Waals surface area contributed by atoms with Crippen molar-refractivity contribution < 1.29 is 18.0 Å². The van der Waals surface area contributed by atoms with Crippen LogP contribution < -0.4 is 9.62 Å². The minimum absolute atomic E-state index is 0.0730. The van der Waals surface area contributed by atoms with Crippen LogP contribution in [0.2, 0.25) is 10.0 Å². The Balaban J connectivity index is 2.19.